The van der Waals surface area contributed by atoms with Crippen molar-refractivity contribution in [3.63, 3.8) is 0 Å². The van der Waals surface area contributed by atoms with E-state index in [0.717, 1.165) is 22.9 Å². The van der Waals surface area contributed by atoms with E-state index in [9.17, 15) is 13.2 Å². The number of hydrogen-bond donors (Lipinski definition) is 1. The molecule has 0 heterocycles. The van der Waals surface area contributed by atoms with E-state index in [4.69, 9.17) is 5.73 Å². The van der Waals surface area contributed by atoms with E-state index in [1.54, 1.807) is 12.1 Å². The van der Waals surface area contributed by atoms with E-state index in [0.29, 0.717) is 17.1 Å². The molecule has 3 rings (SSSR count). The second-order valence-electron chi connectivity index (χ2n) is 4.96. The summed E-state index contributed by atoms with van der Waals surface area (Å²) in [6, 6.07) is 15.5. The zero-order valence-electron chi connectivity index (χ0n) is 11.9. The molecule has 0 aliphatic carbocycles. The Bertz CT molecular complexity index is 868. The molecular weight excluding hydrogens is 303 g/mol. The van der Waals surface area contributed by atoms with Gasteiger partial charge in [-0.05, 0) is 36.4 Å². The Morgan fingerprint density at radius 1 is 0.739 bits per heavy atom. The number of anilines is 1. The van der Waals surface area contributed by atoms with Gasteiger partial charge in [0, 0.05) is 16.5 Å². The van der Waals surface area contributed by atoms with Gasteiger partial charge in [0.05, 0.1) is 16.9 Å². The topological polar surface area (TPSA) is 50.7 Å². The van der Waals surface area contributed by atoms with E-state index in [1.165, 1.54) is 12.1 Å². The van der Waals surface area contributed by atoms with Crippen molar-refractivity contribution in [3.05, 3.63) is 66.2 Å². The fraction of sp³-hybridized carbons (Fsp3) is 0.0588. The van der Waals surface area contributed by atoms with E-state index < -0.39 is 11.7 Å². The zero-order valence-corrected chi connectivity index (χ0v) is 11.9. The Kier molecular flexibility index (Phi) is 3.73. The Morgan fingerprint density at radius 2 is 1.39 bits per heavy atom. The number of benzene rings is 3. The molecule has 0 saturated carbocycles. The standard InChI is InChI=1S/C17H12F3N3/c18-17(19,20)11-5-7-12(8-6-11)22-23-16-10-9-15(21)13-3-1-2-4-14(13)16/h1-10H,21H2/b23-22+. The van der Waals surface area contributed by atoms with Crippen LogP contribution in [0.2, 0.25) is 0 Å². The maximum atomic E-state index is 12.5. The first-order valence-electron chi connectivity index (χ1n) is 6.81. The maximum Gasteiger partial charge on any atom is 0.416 e. The zero-order chi connectivity index (χ0) is 16.4. The molecule has 0 fully saturated rings. The summed E-state index contributed by atoms with van der Waals surface area (Å²) in [7, 11) is 0. The number of nitrogen functional groups attached to an aromatic ring is 1. The van der Waals surface area contributed by atoms with Crippen LogP contribution in [-0.4, -0.2) is 0 Å². The van der Waals surface area contributed by atoms with Gasteiger partial charge in [-0.25, -0.2) is 0 Å². The minimum atomic E-state index is -4.36. The van der Waals surface area contributed by atoms with E-state index >= 15 is 0 Å². The third-order valence-electron chi connectivity index (χ3n) is 3.40. The summed E-state index contributed by atoms with van der Waals surface area (Å²) in [4.78, 5) is 0. The highest BCUT2D eigenvalue weighted by Gasteiger charge is 2.29. The number of fused-ring (bicyclic) bond motifs is 1. The number of nitrogens with two attached hydrogens (primary N) is 1. The van der Waals surface area contributed by atoms with Crippen LogP contribution in [0.15, 0.2) is 70.9 Å². The van der Waals surface area contributed by atoms with Gasteiger partial charge >= 0.3 is 6.18 Å². The largest absolute Gasteiger partial charge is 0.416 e. The first-order chi connectivity index (χ1) is 10.9. The van der Waals surface area contributed by atoms with Gasteiger partial charge in [0.1, 0.15) is 0 Å². The monoisotopic (exact) mass is 315 g/mol. The average Bonchev–Trinajstić information content (AvgIpc) is 2.54. The first kappa shape index (κ1) is 15.0. The molecule has 23 heavy (non-hydrogen) atoms. The van der Waals surface area contributed by atoms with Crippen LogP contribution < -0.4 is 5.73 Å². The smallest absolute Gasteiger partial charge is 0.398 e. The maximum absolute atomic E-state index is 12.5. The molecule has 0 unspecified atom stereocenters. The van der Waals surface area contributed by atoms with Gasteiger partial charge in [0.25, 0.3) is 0 Å². The van der Waals surface area contributed by atoms with Crippen LogP contribution >= 0.6 is 0 Å². The lowest BCUT2D eigenvalue weighted by molar-refractivity contribution is -0.137. The van der Waals surface area contributed by atoms with Gasteiger partial charge in [-0.1, -0.05) is 24.3 Å². The van der Waals surface area contributed by atoms with Crippen molar-refractivity contribution >= 4 is 27.8 Å². The minimum absolute atomic E-state index is 0.346. The van der Waals surface area contributed by atoms with Gasteiger partial charge in [0.2, 0.25) is 0 Å². The molecule has 0 spiro atoms. The third-order valence-corrected chi connectivity index (χ3v) is 3.40. The van der Waals surface area contributed by atoms with Crippen LogP contribution in [0.1, 0.15) is 5.56 Å². The Hall–Kier alpha value is -2.89. The van der Waals surface area contributed by atoms with Crippen molar-refractivity contribution in [1.82, 2.24) is 0 Å². The molecule has 2 N–H and O–H groups in total. The van der Waals surface area contributed by atoms with E-state index in [1.807, 2.05) is 24.3 Å². The van der Waals surface area contributed by atoms with Gasteiger partial charge < -0.3 is 5.73 Å². The van der Waals surface area contributed by atoms with Crippen molar-refractivity contribution in [3.8, 4) is 0 Å². The normalized spacial score (nSPS) is 12.1. The molecule has 0 atom stereocenters. The van der Waals surface area contributed by atoms with Crippen LogP contribution in [0.4, 0.5) is 30.2 Å². The van der Waals surface area contributed by atoms with Gasteiger partial charge in [-0.2, -0.15) is 18.3 Å². The van der Waals surface area contributed by atoms with Gasteiger partial charge in [-0.3, -0.25) is 0 Å². The first-order valence-corrected chi connectivity index (χ1v) is 6.81. The fourth-order valence-electron chi connectivity index (χ4n) is 2.22. The van der Waals surface area contributed by atoms with Crippen molar-refractivity contribution < 1.29 is 13.2 Å². The number of alkyl halides is 3. The van der Waals surface area contributed by atoms with Crippen LogP contribution in [-0.2, 0) is 6.18 Å². The Morgan fingerprint density at radius 3 is 2.04 bits per heavy atom. The summed E-state index contributed by atoms with van der Waals surface area (Å²) in [5.74, 6) is 0. The van der Waals surface area contributed by atoms with Crippen molar-refractivity contribution in [1.29, 1.82) is 0 Å². The second kappa shape index (κ2) is 5.72. The van der Waals surface area contributed by atoms with Crippen LogP contribution in [0.3, 0.4) is 0 Å². The predicted molar refractivity (Wildman–Crippen MR) is 84.0 cm³/mol. The molecule has 0 radical (unpaired) electrons. The molecule has 3 aromatic rings. The molecule has 3 aromatic carbocycles. The average molecular weight is 315 g/mol. The van der Waals surface area contributed by atoms with Crippen LogP contribution in [0.5, 0.6) is 0 Å². The Balaban J connectivity index is 1.93. The highest BCUT2D eigenvalue weighted by Crippen LogP contribution is 2.33. The number of nitrogens with zero attached hydrogens (tertiary/aromatic N) is 2. The number of halogens is 3. The lowest BCUT2D eigenvalue weighted by atomic mass is 10.1. The number of hydrogen-bond acceptors (Lipinski definition) is 3. The predicted octanol–water partition coefficient (Wildman–Crippen LogP) is 5.86. The quantitative estimate of drug-likeness (QED) is 0.467. The van der Waals surface area contributed by atoms with Crippen molar-refractivity contribution in [2.75, 3.05) is 5.73 Å². The Labute approximate surface area is 130 Å². The highest BCUT2D eigenvalue weighted by atomic mass is 19.4. The summed E-state index contributed by atoms with van der Waals surface area (Å²) in [5, 5.41) is 9.82. The van der Waals surface area contributed by atoms with E-state index in [-0.39, 0.29) is 0 Å². The summed E-state index contributed by atoms with van der Waals surface area (Å²) >= 11 is 0. The third kappa shape index (κ3) is 3.15. The lowest BCUT2D eigenvalue weighted by Crippen LogP contribution is -2.03. The molecule has 0 aromatic heterocycles. The van der Waals surface area contributed by atoms with Crippen LogP contribution in [0.25, 0.3) is 10.8 Å². The van der Waals surface area contributed by atoms with Gasteiger partial charge in [0.15, 0.2) is 0 Å². The highest BCUT2D eigenvalue weighted by molar-refractivity contribution is 5.99. The summed E-state index contributed by atoms with van der Waals surface area (Å²) < 4.78 is 37.6. The number of rotatable bonds is 2. The molecule has 0 aliphatic rings. The molecule has 116 valence electrons. The molecule has 0 amide bonds. The summed E-state index contributed by atoms with van der Waals surface area (Å²) in [6.45, 7) is 0. The SMILES string of the molecule is Nc1ccc(/N=N/c2ccc(C(F)(F)F)cc2)c2ccccc12. The van der Waals surface area contributed by atoms with Crippen molar-refractivity contribution in [2.24, 2.45) is 10.2 Å². The molecule has 0 bridgehead atoms. The number of azo groups is 1. The van der Waals surface area contributed by atoms with E-state index in [2.05, 4.69) is 10.2 Å². The minimum Gasteiger partial charge on any atom is -0.398 e. The molecular formula is C17H12F3N3. The van der Waals surface area contributed by atoms with Crippen LogP contribution in [0, 0.1) is 0 Å². The summed E-state index contributed by atoms with van der Waals surface area (Å²) in [5.41, 5.74) is 6.78. The van der Waals surface area contributed by atoms with Crippen molar-refractivity contribution in [2.45, 2.75) is 6.18 Å². The molecule has 6 heteroatoms. The van der Waals surface area contributed by atoms with Gasteiger partial charge in [-0.15, -0.1) is 5.11 Å². The molecule has 0 saturated heterocycles. The summed E-state index contributed by atoms with van der Waals surface area (Å²) in [6.07, 6.45) is -4.36. The fourth-order valence-corrected chi connectivity index (χ4v) is 2.22. The second-order valence-corrected chi connectivity index (χ2v) is 4.96. The molecule has 0 aliphatic heterocycles. The lowest BCUT2D eigenvalue weighted by Gasteiger charge is -2.06. The molecule has 3 nitrogen and oxygen atoms in total.